The van der Waals surface area contributed by atoms with E-state index in [4.69, 9.17) is 11.6 Å². The van der Waals surface area contributed by atoms with Crippen LogP contribution >= 0.6 is 11.6 Å². The summed E-state index contributed by atoms with van der Waals surface area (Å²) in [5, 5.41) is 0.209. The number of nitrogens with zero attached hydrogens (tertiary/aromatic N) is 3. The van der Waals surface area contributed by atoms with Gasteiger partial charge in [0, 0.05) is 11.6 Å². The molecule has 0 aromatic heterocycles. The lowest BCUT2D eigenvalue weighted by Gasteiger charge is -2.30. The van der Waals surface area contributed by atoms with E-state index in [1.807, 2.05) is 24.8 Å². The first-order valence-corrected chi connectivity index (χ1v) is 5.77. The Kier molecular flexibility index (Phi) is 3.43. The van der Waals surface area contributed by atoms with E-state index in [-0.39, 0.29) is 17.2 Å². The summed E-state index contributed by atoms with van der Waals surface area (Å²) in [5.74, 6) is 0.382. The van der Waals surface area contributed by atoms with E-state index < -0.39 is 0 Å². The van der Waals surface area contributed by atoms with E-state index in [1.54, 1.807) is 6.07 Å². The van der Waals surface area contributed by atoms with Gasteiger partial charge < -0.3 is 4.90 Å². The van der Waals surface area contributed by atoms with Gasteiger partial charge in [-0.05, 0) is 37.6 Å². The summed E-state index contributed by atoms with van der Waals surface area (Å²) in [6.45, 7) is 4.51. The van der Waals surface area contributed by atoms with Crippen LogP contribution < -0.4 is 0 Å². The predicted octanol–water partition coefficient (Wildman–Crippen LogP) is 2.85. The topological polar surface area (TPSA) is 28.0 Å². The third kappa shape index (κ3) is 2.64. The molecule has 1 heterocycles. The van der Waals surface area contributed by atoms with Crippen LogP contribution in [0.1, 0.15) is 19.4 Å². The molecule has 0 bridgehead atoms. The predicted molar refractivity (Wildman–Crippen MR) is 68.1 cm³/mol. The summed E-state index contributed by atoms with van der Waals surface area (Å²) in [4.78, 5) is 10.2. The Hall–Kier alpha value is -1.42. The third-order valence-electron chi connectivity index (χ3n) is 2.53. The van der Waals surface area contributed by atoms with Gasteiger partial charge in [-0.1, -0.05) is 12.1 Å². The van der Waals surface area contributed by atoms with E-state index >= 15 is 0 Å². The van der Waals surface area contributed by atoms with Crippen LogP contribution in [0.4, 0.5) is 4.39 Å². The van der Waals surface area contributed by atoms with E-state index in [0.29, 0.717) is 18.1 Å². The largest absolute Gasteiger partial charge is 0.334 e. The molecule has 3 nitrogen and oxygen atoms in total. The van der Waals surface area contributed by atoms with Crippen molar-refractivity contribution in [1.82, 2.24) is 4.90 Å². The Bertz CT molecular complexity index is 482. The Morgan fingerprint density at radius 3 is 2.82 bits per heavy atom. The van der Waals surface area contributed by atoms with Crippen LogP contribution in [0.25, 0.3) is 0 Å². The molecule has 0 radical (unpaired) electrons. The lowest BCUT2D eigenvalue weighted by Crippen LogP contribution is -2.40. The van der Waals surface area contributed by atoms with Crippen molar-refractivity contribution in [2.45, 2.75) is 19.9 Å². The fourth-order valence-electron chi connectivity index (χ4n) is 1.65. The Balaban J connectivity index is 2.42. The monoisotopic (exact) mass is 253 g/mol. The molecule has 17 heavy (non-hydrogen) atoms. The minimum atomic E-state index is -0.285. The van der Waals surface area contributed by atoms with Crippen molar-refractivity contribution in [2.75, 3.05) is 6.67 Å². The molecule has 0 saturated carbocycles. The highest BCUT2D eigenvalue weighted by molar-refractivity contribution is 6.65. The summed E-state index contributed by atoms with van der Waals surface area (Å²) >= 11 is 5.81. The second kappa shape index (κ2) is 4.84. The highest BCUT2D eigenvalue weighted by atomic mass is 35.5. The maximum Gasteiger partial charge on any atom is 0.221 e. The molecule has 5 heteroatoms. The van der Waals surface area contributed by atoms with Crippen LogP contribution in [0.2, 0.25) is 0 Å². The zero-order chi connectivity index (χ0) is 12.4. The SMILES string of the molecule is CC(C)N1CN=C(Cl)N=C1c1cccc(F)c1. The van der Waals surface area contributed by atoms with Crippen molar-refractivity contribution in [2.24, 2.45) is 9.98 Å². The Labute approximate surface area is 105 Å². The maximum atomic E-state index is 13.2. The molecular formula is C12H13ClFN3. The van der Waals surface area contributed by atoms with Crippen LogP contribution in [0.15, 0.2) is 34.3 Å². The number of aliphatic imine (C=N–C) groups is 2. The molecule has 2 rings (SSSR count). The molecule has 0 amide bonds. The molecule has 1 aromatic rings. The van der Waals surface area contributed by atoms with Gasteiger partial charge in [0.2, 0.25) is 5.29 Å². The second-order valence-electron chi connectivity index (χ2n) is 4.08. The van der Waals surface area contributed by atoms with Crippen LogP contribution in [0, 0.1) is 5.82 Å². The minimum Gasteiger partial charge on any atom is -0.334 e. The lowest BCUT2D eigenvalue weighted by molar-refractivity contribution is 0.358. The summed E-state index contributed by atoms with van der Waals surface area (Å²) in [5.41, 5.74) is 0.715. The van der Waals surface area contributed by atoms with Gasteiger partial charge in [-0.15, -0.1) is 0 Å². The van der Waals surface area contributed by atoms with Gasteiger partial charge in [0.1, 0.15) is 18.3 Å². The van der Waals surface area contributed by atoms with Crippen molar-refractivity contribution >= 4 is 22.7 Å². The summed E-state index contributed by atoms with van der Waals surface area (Å²) in [7, 11) is 0. The standard InChI is InChI=1S/C12H13ClFN3/c1-8(2)17-7-15-12(13)16-11(17)9-4-3-5-10(14)6-9/h3-6,8H,7H2,1-2H3. The molecule has 1 aliphatic heterocycles. The number of amidine groups is 2. The van der Waals surface area contributed by atoms with Gasteiger partial charge in [-0.2, -0.15) is 0 Å². The number of hydrogen-bond acceptors (Lipinski definition) is 3. The van der Waals surface area contributed by atoms with Gasteiger partial charge in [-0.3, -0.25) is 0 Å². The normalized spacial score (nSPS) is 15.9. The number of rotatable bonds is 2. The summed E-state index contributed by atoms with van der Waals surface area (Å²) in [6, 6.07) is 6.55. The third-order valence-corrected chi connectivity index (χ3v) is 2.73. The maximum absolute atomic E-state index is 13.2. The van der Waals surface area contributed by atoms with E-state index in [1.165, 1.54) is 12.1 Å². The first-order chi connectivity index (χ1) is 8.08. The smallest absolute Gasteiger partial charge is 0.221 e. The van der Waals surface area contributed by atoms with E-state index in [0.717, 1.165) is 0 Å². The van der Waals surface area contributed by atoms with Gasteiger partial charge >= 0.3 is 0 Å². The van der Waals surface area contributed by atoms with Crippen molar-refractivity contribution in [3.8, 4) is 0 Å². The molecule has 0 spiro atoms. The molecule has 0 saturated heterocycles. The second-order valence-corrected chi connectivity index (χ2v) is 4.42. The molecule has 0 atom stereocenters. The Morgan fingerprint density at radius 2 is 2.18 bits per heavy atom. The van der Waals surface area contributed by atoms with Gasteiger partial charge in [-0.25, -0.2) is 14.4 Å². The molecule has 1 aromatic carbocycles. The molecule has 0 unspecified atom stereocenters. The first kappa shape index (κ1) is 12.0. The van der Waals surface area contributed by atoms with Gasteiger partial charge in [0.25, 0.3) is 0 Å². The highest BCUT2D eigenvalue weighted by Gasteiger charge is 2.20. The van der Waals surface area contributed by atoms with Crippen molar-refractivity contribution in [1.29, 1.82) is 0 Å². The van der Waals surface area contributed by atoms with Crippen molar-refractivity contribution in [3.05, 3.63) is 35.6 Å². The van der Waals surface area contributed by atoms with Crippen molar-refractivity contribution in [3.63, 3.8) is 0 Å². The molecule has 90 valence electrons. The molecule has 1 aliphatic rings. The summed E-state index contributed by atoms with van der Waals surface area (Å²) in [6.07, 6.45) is 0. The van der Waals surface area contributed by atoms with Crippen LogP contribution in [0.3, 0.4) is 0 Å². The van der Waals surface area contributed by atoms with E-state index in [9.17, 15) is 4.39 Å². The number of hydrogen-bond donors (Lipinski definition) is 0. The minimum absolute atomic E-state index is 0.209. The zero-order valence-corrected chi connectivity index (χ0v) is 10.4. The molecular weight excluding hydrogens is 241 g/mol. The van der Waals surface area contributed by atoms with Gasteiger partial charge in [0.15, 0.2) is 0 Å². The fraction of sp³-hybridized carbons (Fsp3) is 0.333. The average molecular weight is 254 g/mol. The highest BCUT2D eigenvalue weighted by Crippen LogP contribution is 2.15. The average Bonchev–Trinajstić information content (AvgIpc) is 2.28. The quantitative estimate of drug-likeness (QED) is 0.745. The molecule has 0 N–H and O–H groups in total. The fourth-order valence-corrected chi connectivity index (χ4v) is 1.79. The number of halogens is 2. The van der Waals surface area contributed by atoms with Gasteiger partial charge in [0.05, 0.1) is 0 Å². The molecule has 0 aliphatic carbocycles. The zero-order valence-electron chi connectivity index (χ0n) is 9.69. The van der Waals surface area contributed by atoms with Crippen LogP contribution in [0.5, 0.6) is 0 Å². The molecule has 0 fully saturated rings. The summed E-state index contributed by atoms with van der Waals surface area (Å²) < 4.78 is 13.2. The number of benzene rings is 1. The van der Waals surface area contributed by atoms with Crippen molar-refractivity contribution < 1.29 is 4.39 Å². The van der Waals surface area contributed by atoms with Crippen LogP contribution in [-0.2, 0) is 0 Å². The van der Waals surface area contributed by atoms with Crippen LogP contribution in [-0.4, -0.2) is 28.7 Å². The Morgan fingerprint density at radius 1 is 1.41 bits per heavy atom. The first-order valence-electron chi connectivity index (χ1n) is 5.39. The van der Waals surface area contributed by atoms with E-state index in [2.05, 4.69) is 9.98 Å². The lowest BCUT2D eigenvalue weighted by atomic mass is 10.1.